The molecular weight excluding hydrogens is 250 g/mol. The van der Waals surface area contributed by atoms with Crippen LogP contribution in [0.25, 0.3) is 0 Å². The predicted molar refractivity (Wildman–Crippen MR) is 69.9 cm³/mol. The highest BCUT2D eigenvalue weighted by molar-refractivity contribution is 6.34. The summed E-state index contributed by atoms with van der Waals surface area (Å²) < 4.78 is 1.71. The molecule has 0 aliphatic carbocycles. The van der Waals surface area contributed by atoms with Crippen LogP contribution in [0, 0.1) is 6.92 Å². The van der Waals surface area contributed by atoms with Gasteiger partial charge in [0.25, 0.3) is 0 Å². The molecule has 0 saturated heterocycles. The van der Waals surface area contributed by atoms with Gasteiger partial charge in [0.15, 0.2) is 5.78 Å². The lowest BCUT2D eigenvalue weighted by Crippen LogP contribution is -2.11. The van der Waals surface area contributed by atoms with Gasteiger partial charge in [0.2, 0.25) is 0 Å². The third-order valence-corrected chi connectivity index (χ3v) is 3.05. The molecular formula is C13H14ClN3O. The molecule has 0 fully saturated rings. The number of ketones is 1. The molecule has 0 aliphatic heterocycles. The summed E-state index contributed by atoms with van der Waals surface area (Å²) >= 11 is 6.07. The van der Waals surface area contributed by atoms with E-state index in [4.69, 9.17) is 11.6 Å². The first-order chi connectivity index (χ1) is 8.61. The van der Waals surface area contributed by atoms with E-state index in [1.165, 1.54) is 6.33 Å². The largest absolute Gasteiger partial charge is 0.294 e. The molecule has 1 aromatic carbocycles. The number of halogens is 1. The Morgan fingerprint density at radius 1 is 1.44 bits per heavy atom. The summed E-state index contributed by atoms with van der Waals surface area (Å²) in [6.45, 7) is 4.60. The van der Waals surface area contributed by atoms with Gasteiger partial charge in [-0.1, -0.05) is 17.7 Å². The molecule has 94 valence electrons. The molecule has 0 radical (unpaired) electrons. The van der Waals surface area contributed by atoms with Crippen molar-refractivity contribution in [3.05, 3.63) is 46.5 Å². The number of benzene rings is 1. The summed E-state index contributed by atoms with van der Waals surface area (Å²) in [5.41, 5.74) is 1.57. The Hall–Kier alpha value is -1.68. The fourth-order valence-electron chi connectivity index (χ4n) is 1.77. The minimum atomic E-state index is -0.0392. The Labute approximate surface area is 111 Å². The third-order valence-electron chi connectivity index (χ3n) is 2.74. The van der Waals surface area contributed by atoms with E-state index in [1.807, 2.05) is 19.9 Å². The van der Waals surface area contributed by atoms with Crippen LogP contribution in [0.15, 0.2) is 24.5 Å². The van der Waals surface area contributed by atoms with Crippen molar-refractivity contribution in [2.75, 3.05) is 0 Å². The zero-order valence-electron chi connectivity index (χ0n) is 10.4. The van der Waals surface area contributed by atoms with Crippen LogP contribution < -0.4 is 0 Å². The molecule has 0 atom stereocenters. The van der Waals surface area contributed by atoms with Crippen LogP contribution in [0.3, 0.4) is 0 Å². The summed E-state index contributed by atoms with van der Waals surface area (Å²) in [5, 5.41) is 4.53. The topological polar surface area (TPSA) is 47.8 Å². The molecule has 0 spiro atoms. The molecule has 2 aromatic rings. The molecule has 18 heavy (non-hydrogen) atoms. The quantitative estimate of drug-likeness (QED) is 0.797. The molecule has 5 heteroatoms. The standard InChI is InChI=1S/C13H14ClN3O/c1-3-17-13(15-8-16-17)7-12(18)10-5-4-9(2)6-11(10)14/h4-6,8H,3,7H2,1-2H3. The highest BCUT2D eigenvalue weighted by atomic mass is 35.5. The molecule has 0 bridgehead atoms. The van der Waals surface area contributed by atoms with Crippen molar-refractivity contribution < 1.29 is 4.79 Å². The van der Waals surface area contributed by atoms with Crippen molar-refractivity contribution in [3.63, 3.8) is 0 Å². The predicted octanol–water partition coefficient (Wildman–Crippen LogP) is 2.69. The van der Waals surface area contributed by atoms with Crippen molar-refractivity contribution >= 4 is 17.4 Å². The van der Waals surface area contributed by atoms with E-state index in [9.17, 15) is 4.79 Å². The van der Waals surface area contributed by atoms with E-state index < -0.39 is 0 Å². The average Bonchev–Trinajstić information content (AvgIpc) is 2.76. The van der Waals surface area contributed by atoms with Gasteiger partial charge in [0.1, 0.15) is 12.2 Å². The van der Waals surface area contributed by atoms with E-state index in [0.29, 0.717) is 23.0 Å². The Morgan fingerprint density at radius 2 is 2.22 bits per heavy atom. The fourth-order valence-corrected chi connectivity index (χ4v) is 2.11. The van der Waals surface area contributed by atoms with Crippen LogP contribution >= 0.6 is 11.6 Å². The molecule has 1 heterocycles. The van der Waals surface area contributed by atoms with Crippen LogP contribution in [0.4, 0.5) is 0 Å². The zero-order chi connectivity index (χ0) is 13.1. The van der Waals surface area contributed by atoms with Crippen LogP contribution in [0.1, 0.15) is 28.7 Å². The van der Waals surface area contributed by atoms with Crippen LogP contribution in [-0.2, 0) is 13.0 Å². The first kappa shape index (κ1) is 12.8. The maximum atomic E-state index is 12.1. The van der Waals surface area contributed by atoms with E-state index in [0.717, 1.165) is 5.56 Å². The van der Waals surface area contributed by atoms with Gasteiger partial charge in [-0.15, -0.1) is 0 Å². The maximum Gasteiger partial charge on any atom is 0.171 e. The zero-order valence-corrected chi connectivity index (χ0v) is 11.1. The van der Waals surface area contributed by atoms with E-state index >= 15 is 0 Å². The Kier molecular flexibility index (Phi) is 3.77. The Bertz CT molecular complexity index is 577. The number of carbonyl (C=O) groups is 1. The summed E-state index contributed by atoms with van der Waals surface area (Å²) in [6.07, 6.45) is 1.68. The van der Waals surface area contributed by atoms with Crippen LogP contribution in [0.2, 0.25) is 5.02 Å². The smallest absolute Gasteiger partial charge is 0.171 e. The van der Waals surface area contributed by atoms with Gasteiger partial charge >= 0.3 is 0 Å². The average molecular weight is 264 g/mol. The molecule has 0 aliphatic rings. The van der Waals surface area contributed by atoms with E-state index in [1.54, 1.807) is 16.8 Å². The summed E-state index contributed by atoms with van der Waals surface area (Å²) in [5.74, 6) is 0.627. The molecule has 0 saturated carbocycles. The first-order valence-corrected chi connectivity index (χ1v) is 6.15. The van der Waals surface area contributed by atoms with Crippen molar-refractivity contribution in [1.29, 1.82) is 0 Å². The highest BCUT2D eigenvalue weighted by Gasteiger charge is 2.14. The van der Waals surface area contributed by atoms with Gasteiger partial charge in [-0.25, -0.2) is 9.67 Å². The number of rotatable bonds is 4. The monoisotopic (exact) mass is 263 g/mol. The van der Waals surface area contributed by atoms with Gasteiger partial charge in [0, 0.05) is 12.1 Å². The van der Waals surface area contributed by atoms with Crippen molar-refractivity contribution in [3.8, 4) is 0 Å². The number of nitrogens with zero attached hydrogens (tertiary/aromatic N) is 3. The van der Waals surface area contributed by atoms with Crippen LogP contribution in [0.5, 0.6) is 0 Å². The highest BCUT2D eigenvalue weighted by Crippen LogP contribution is 2.19. The minimum Gasteiger partial charge on any atom is -0.294 e. The second kappa shape index (κ2) is 5.31. The number of carbonyl (C=O) groups excluding carboxylic acids is 1. The SMILES string of the molecule is CCn1ncnc1CC(=O)c1ccc(C)cc1Cl. The van der Waals surface area contributed by atoms with Gasteiger partial charge in [-0.05, 0) is 31.5 Å². The van der Waals surface area contributed by atoms with Crippen molar-refractivity contribution in [1.82, 2.24) is 14.8 Å². The summed E-state index contributed by atoms with van der Waals surface area (Å²) in [6, 6.07) is 5.43. The van der Waals surface area contributed by atoms with Crippen molar-refractivity contribution in [2.45, 2.75) is 26.8 Å². The lowest BCUT2D eigenvalue weighted by Gasteiger charge is -2.05. The number of Topliss-reactive ketones (excluding diaryl/α,β-unsaturated/α-hetero) is 1. The fraction of sp³-hybridized carbons (Fsp3) is 0.308. The number of aromatic nitrogens is 3. The van der Waals surface area contributed by atoms with Crippen molar-refractivity contribution in [2.24, 2.45) is 0 Å². The molecule has 0 N–H and O–H groups in total. The molecule has 1 aromatic heterocycles. The molecule has 2 rings (SSSR count). The van der Waals surface area contributed by atoms with Gasteiger partial charge < -0.3 is 0 Å². The summed E-state index contributed by atoms with van der Waals surface area (Å²) in [4.78, 5) is 16.2. The van der Waals surface area contributed by atoms with Gasteiger partial charge in [-0.2, -0.15) is 5.10 Å². The lowest BCUT2D eigenvalue weighted by molar-refractivity contribution is 0.0989. The van der Waals surface area contributed by atoms with E-state index in [-0.39, 0.29) is 12.2 Å². The Balaban J connectivity index is 2.22. The maximum absolute atomic E-state index is 12.1. The van der Waals surface area contributed by atoms with Gasteiger partial charge in [-0.3, -0.25) is 4.79 Å². The minimum absolute atomic E-state index is 0.0392. The number of hydrogen-bond acceptors (Lipinski definition) is 3. The van der Waals surface area contributed by atoms with Crippen LogP contribution in [-0.4, -0.2) is 20.5 Å². The normalized spacial score (nSPS) is 10.6. The second-order valence-corrected chi connectivity index (χ2v) is 4.48. The Morgan fingerprint density at radius 3 is 2.89 bits per heavy atom. The summed E-state index contributed by atoms with van der Waals surface area (Å²) in [7, 11) is 0. The van der Waals surface area contributed by atoms with Gasteiger partial charge in [0.05, 0.1) is 11.4 Å². The second-order valence-electron chi connectivity index (χ2n) is 4.08. The van der Waals surface area contributed by atoms with E-state index in [2.05, 4.69) is 10.1 Å². The molecule has 0 unspecified atom stereocenters. The first-order valence-electron chi connectivity index (χ1n) is 5.78. The lowest BCUT2D eigenvalue weighted by atomic mass is 10.1. The number of aryl methyl sites for hydroxylation is 2. The molecule has 0 amide bonds. The number of hydrogen-bond donors (Lipinski definition) is 0. The molecule has 4 nitrogen and oxygen atoms in total. The third kappa shape index (κ3) is 2.59.